The van der Waals surface area contributed by atoms with E-state index >= 15 is 0 Å². The number of benzene rings is 1. The van der Waals surface area contributed by atoms with E-state index in [1.165, 1.54) is 6.33 Å². The van der Waals surface area contributed by atoms with Crippen molar-refractivity contribution in [2.75, 3.05) is 13.4 Å². The number of aromatic nitrogens is 3. The maximum Gasteiger partial charge on any atom is 0.147 e. The first-order valence-corrected chi connectivity index (χ1v) is 8.28. The van der Waals surface area contributed by atoms with Crippen molar-refractivity contribution >= 4 is 11.6 Å². The van der Waals surface area contributed by atoms with E-state index in [9.17, 15) is 5.11 Å². The van der Waals surface area contributed by atoms with Crippen LogP contribution in [0.15, 0.2) is 36.9 Å². The molecule has 2 atom stereocenters. The van der Waals surface area contributed by atoms with Crippen molar-refractivity contribution in [1.29, 1.82) is 0 Å². The summed E-state index contributed by atoms with van der Waals surface area (Å²) < 4.78 is 12.6. The summed E-state index contributed by atoms with van der Waals surface area (Å²) in [4.78, 5) is 3.96. The fourth-order valence-corrected chi connectivity index (χ4v) is 3.40. The zero-order chi connectivity index (χ0) is 17.2. The van der Waals surface area contributed by atoms with E-state index in [0.717, 1.165) is 5.56 Å². The number of nitrogens with zero attached hydrogens (tertiary/aromatic N) is 3. The second-order valence-corrected chi connectivity index (χ2v) is 7.22. The maximum atomic E-state index is 11.6. The molecule has 1 saturated heterocycles. The summed E-state index contributed by atoms with van der Waals surface area (Å²) in [5, 5.41) is 16.5. The molecule has 0 spiro atoms. The Bertz CT molecular complexity index is 671. The standard InChI is InChI=1S/C17H22ClN3O3/c1-16(2,7-13-5-3-4-6-14(13)18)17(22,15-8-23-12-24-15)9-21-11-19-10-20-21/h3-6,10-11,15,22H,7-9,12H2,1-2H3. The van der Waals surface area contributed by atoms with Crippen molar-refractivity contribution < 1.29 is 14.6 Å². The van der Waals surface area contributed by atoms with Crippen LogP contribution in [0, 0.1) is 5.41 Å². The zero-order valence-corrected chi connectivity index (χ0v) is 14.6. The van der Waals surface area contributed by atoms with Gasteiger partial charge in [-0.15, -0.1) is 0 Å². The van der Waals surface area contributed by atoms with E-state index in [1.807, 2.05) is 38.1 Å². The summed E-state index contributed by atoms with van der Waals surface area (Å²) >= 11 is 6.32. The van der Waals surface area contributed by atoms with Crippen LogP contribution in [0.1, 0.15) is 19.4 Å². The minimum atomic E-state index is -1.20. The zero-order valence-electron chi connectivity index (χ0n) is 13.9. The predicted molar refractivity (Wildman–Crippen MR) is 89.6 cm³/mol. The summed E-state index contributed by atoms with van der Waals surface area (Å²) in [5.41, 5.74) is -0.751. The molecule has 1 aliphatic heterocycles. The molecule has 3 rings (SSSR count). The van der Waals surface area contributed by atoms with Gasteiger partial charge in [-0.1, -0.05) is 43.6 Å². The highest BCUT2D eigenvalue weighted by Crippen LogP contribution is 2.41. The number of ether oxygens (including phenoxy) is 2. The van der Waals surface area contributed by atoms with Crippen molar-refractivity contribution in [3.05, 3.63) is 47.5 Å². The molecule has 2 heterocycles. The summed E-state index contributed by atoms with van der Waals surface area (Å²) in [6.45, 7) is 4.81. The van der Waals surface area contributed by atoms with Crippen LogP contribution in [0.25, 0.3) is 0 Å². The smallest absolute Gasteiger partial charge is 0.147 e. The van der Waals surface area contributed by atoms with Gasteiger partial charge in [0.2, 0.25) is 0 Å². The van der Waals surface area contributed by atoms with E-state index in [-0.39, 0.29) is 13.3 Å². The molecule has 0 amide bonds. The highest BCUT2D eigenvalue weighted by molar-refractivity contribution is 6.31. The molecule has 1 aromatic heterocycles. The second kappa shape index (κ2) is 6.80. The Morgan fingerprint density at radius 2 is 2.17 bits per heavy atom. The van der Waals surface area contributed by atoms with Crippen molar-refractivity contribution in [1.82, 2.24) is 14.8 Å². The third kappa shape index (κ3) is 3.32. The van der Waals surface area contributed by atoms with Crippen LogP contribution in [0.4, 0.5) is 0 Å². The summed E-state index contributed by atoms with van der Waals surface area (Å²) in [5.74, 6) is 0. The third-order valence-electron chi connectivity index (χ3n) is 4.79. The SMILES string of the molecule is CC(C)(Cc1ccccc1Cl)C(O)(Cn1cncn1)C1COCO1. The van der Waals surface area contributed by atoms with Gasteiger partial charge >= 0.3 is 0 Å². The first kappa shape index (κ1) is 17.4. The van der Waals surface area contributed by atoms with Crippen LogP contribution in [0.3, 0.4) is 0 Å². The lowest BCUT2D eigenvalue weighted by atomic mass is 9.68. The van der Waals surface area contributed by atoms with Crippen molar-refractivity contribution in [3.8, 4) is 0 Å². The van der Waals surface area contributed by atoms with E-state index in [4.69, 9.17) is 21.1 Å². The fourth-order valence-electron chi connectivity index (χ4n) is 3.19. The lowest BCUT2D eigenvalue weighted by Gasteiger charge is -2.45. The largest absolute Gasteiger partial charge is 0.385 e. The van der Waals surface area contributed by atoms with Gasteiger partial charge < -0.3 is 14.6 Å². The molecule has 7 heteroatoms. The molecule has 2 unspecified atom stereocenters. The number of halogens is 1. The van der Waals surface area contributed by atoms with Gasteiger partial charge in [-0.25, -0.2) is 9.67 Å². The third-order valence-corrected chi connectivity index (χ3v) is 5.15. The molecule has 2 aromatic rings. The predicted octanol–water partition coefficient (Wildman–Crippen LogP) is 2.30. The van der Waals surface area contributed by atoms with Crippen LogP contribution in [-0.2, 0) is 22.4 Å². The Labute approximate surface area is 146 Å². The summed E-state index contributed by atoms with van der Waals surface area (Å²) in [6, 6.07) is 7.68. The van der Waals surface area contributed by atoms with Gasteiger partial charge in [0.1, 0.15) is 31.2 Å². The summed E-state index contributed by atoms with van der Waals surface area (Å²) in [7, 11) is 0. The lowest BCUT2D eigenvalue weighted by molar-refractivity contribution is -0.160. The van der Waals surface area contributed by atoms with Crippen LogP contribution < -0.4 is 0 Å². The molecule has 1 aromatic carbocycles. The second-order valence-electron chi connectivity index (χ2n) is 6.81. The highest BCUT2D eigenvalue weighted by atomic mass is 35.5. The number of rotatable bonds is 6. The van der Waals surface area contributed by atoms with Crippen molar-refractivity contribution in [2.45, 2.75) is 38.5 Å². The van der Waals surface area contributed by atoms with Gasteiger partial charge in [0.15, 0.2) is 0 Å². The number of hydrogen-bond acceptors (Lipinski definition) is 5. The Morgan fingerprint density at radius 3 is 2.79 bits per heavy atom. The molecule has 130 valence electrons. The molecular weight excluding hydrogens is 330 g/mol. The van der Waals surface area contributed by atoms with Gasteiger partial charge in [-0.05, 0) is 18.1 Å². The lowest BCUT2D eigenvalue weighted by Crippen LogP contribution is -2.58. The van der Waals surface area contributed by atoms with Gasteiger partial charge in [0, 0.05) is 10.4 Å². The van der Waals surface area contributed by atoms with E-state index in [0.29, 0.717) is 18.1 Å². The molecule has 1 aliphatic rings. The van der Waals surface area contributed by atoms with Gasteiger partial charge in [0.25, 0.3) is 0 Å². The Hall–Kier alpha value is -1.47. The first-order chi connectivity index (χ1) is 11.4. The fraction of sp³-hybridized carbons (Fsp3) is 0.529. The topological polar surface area (TPSA) is 69.4 Å². The molecule has 1 N–H and O–H groups in total. The molecule has 6 nitrogen and oxygen atoms in total. The van der Waals surface area contributed by atoms with Crippen LogP contribution >= 0.6 is 11.6 Å². The average molecular weight is 352 g/mol. The minimum absolute atomic E-state index is 0.187. The average Bonchev–Trinajstić information content (AvgIpc) is 3.22. The van der Waals surface area contributed by atoms with Crippen LogP contribution in [0.2, 0.25) is 5.02 Å². The van der Waals surface area contributed by atoms with E-state index < -0.39 is 17.1 Å². The van der Waals surface area contributed by atoms with Gasteiger partial charge in [-0.3, -0.25) is 0 Å². The van der Waals surface area contributed by atoms with Gasteiger partial charge in [0.05, 0.1) is 13.2 Å². The van der Waals surface area contributed by atoms with Crippen molar-refractivity contribution in [2.24, 2.45) is 5.41 Å². The normalized spacial score (nSPS) is 20.9. The van der Waals surface area contributed by atoms with E-state index in [1.54, 1.807) is 11.0 Å². The molecule has 24 heavy (non-hydrogen) atoms. The first-order valence-electron chi connectivity index (χ1n) is 7.90. The monoisotopic (exact) mass is 351 g/mol. The quantitative estimate of drug-likeness (QED) is 0.864. The number of aliphatic hydroxyl groups is 1. The highest BCUT2D eigenvalue weighted by Gasteiger charge is 2.52. The Morgan fingerprint density at radius 1 is 1.38 bits per heavy atom. The molecule has 0 radical (unpaired) electrons. The molecular formula is C17H22ClN3O3. The van der Waals surface area contributed by atoms with Crippen LogP contribution in [-0.4, -0.2) is 45.0 Å². The molecule has 0 saturated carbocycles. The Kier molecular flexibility index (Phi) is 4.92. The van der Waals surface area contributed by atoms with Crippen molar-refractivity contribution in [3.63, 3.8) is 0 Å². The summed E-state index contributed by atoms with van der Waals surface area (Å²) in [6.07, 6.45) is 3.19. The number of hydrogen-bond donors (Lipinski definition) is 1. The molecule has 0 bridgehead atoms. The maximum absolute atomic E-state index is 11.6. The van der Waals surface area contributed by atoms with Crippen LogP contribution in [0.5, 0.6) is 0 Å². The van der Waals surface area contributed by atoms with E-state index in [2.05, 4.69) is 10.1 Å². The van der Waals surface area contributed by atoms with Gasteiger partial charge in [-0.2, -0.15) is 5.10 Å². The Balaban J connectivity index is 1.92. The molecule has 1 fully saturated rings. The molecule has 0 aliphatic carbocycles. The minimum Gasteiger partial charge on any atom is -0.385 e.